The van der Waals surface area contributed by atoms with Gasteiger partial charge < -0.3 is 9.80 Å². The van der Waals surface area contributed by atoms with Crippen molar-refractivity contribution >= 4 is 56.6 Å². The minimum absolute atomic E-state index is 0.796. The summed E-state index contributed by atoms with van der Waals surface area (Å²) in [4.78, 5) is 5.15. The Balaban J connectivity index is 5.00. The number of nitrogens with zero attached hydrogens (tertiary/aromatic N) is 2. The molecule has 0 saturated heterocycles. The van der Waals surface area contributed by atoms with Crippen LogP contribution in [0.4, 0.5) is 0 Å². The number of unbranched alkanes of at least 4 members (excludes halogenated alkanes) is 20. The van der Waals surface area contributed by atoms with Gasteiger partial charge in [0.1, 0.15) is 8.64 Å². The highest BCUT2D eigenvalue weighted by Gasteiger charge is 2.16. The fraction of sp³-hybridized carbons (Fsp3) is 0.943. The van der Waals surface area contributed by atoms with E-state index in [1.807, 2.05) is 0 Å². The molecule has 0 rings (SSSR count). The summed E-state index contributed by atoms with van der Waals surface area (Å²) in [5, 5.41) is 0. The van der Waals surface area contributed by atoms with E-state index in [0.717, 1.165) is 43.3 Å². The summed E-state index contributed by atoms with van der Waals surface area (Å²) < 4.78 is 2.45. The van der Waals surface area contributed by atoms with Crippen molar-refractivity contribution in [2.75, 3.05) is 31.3 Å². The molecule has 0 atom stereocenters. The van der Waals surface area contributed by atoms with Gasteiger partial charge in [-0.05, 0) is 37.2 Å². The number of thiocarbonyl (C=S) groups is 2. The second-order valence-corrected chi connectivity index (χ2v) is 16.4. The number of rotatable bonds is 30. The predicted octanol–water partition coefficient (Wildman–Crippen LogP) is 12.0. The van der Waals surface area contributed by atoms with Crippen LogP contribution >= 0.6 is 48.0 Å². The van der Waals surface area contributed by atoms with E-state index in [1.165, 1.54) is 174 Å². The Labute approximate surface area is 278 Å². The van der Waals surface area contributed by atoms with E-state index in [1.54, 1.807) is 0 Å². The van der Waals surface area contributed by atoms with Gasteiger partial charge in [-0.25, -0.2) is 23.5 Å². The normalized spacial score (nSPS) is 12.2. The standard InChI is InChI=1S/C35H74N2S4/c1-5-9-13-17-21-25-29-36(34(38)40-31-27-23-19-15-11-7-3)33-37(30-26-22-18-14-10-6-2)35(39)41-32-28-24-20-16-12-8-4/h5-33,40-41H2,1-4H3. The van der Waals surface area contributed by atoms with Crippen molar-refractivity contribution in [2.45, 2.75) is 182 Å². The zero-order chi connectivity index (χ0) is 30.2. The molecule has 41 heavy (non-hydrogen) atoms. The third-order valence-electron chi connectivity index (χ3n) is 8.09. The summed E-state index contributed by atoms with van der Waals surface area (Å²) in [5.74, 6) is 2.55. The maximum absolute atomic E-state index is 6.13. The van der Waals surface area contributed by atoms with Crippen LogP contribution in [0.3, 0.4) is 0 Å². The monoisotopic (exact) mass is 650 g/mol. The summed E-state index contributed by atoms with van der Waals surface area (Å²) in [6, 6.07) is 0. The molecule has 6 heteroatoms. The minimum Gasteiger partial charge on any atom is -0.341 e. The molecule has 0 amide bonds. The first-order valence-corrected chi connectivity index (χ1v) is 21.4. The summed E-state index contributed by atoms with van der Waals surface area (Å²) >= 11 is 13.9. The van der Waals surface area contributed by atoms with Crippen molar-refractivity contribution in [1.82, 2.24) is 9.80 Å². The third-order valence-corrected chi connectivity index (χ3v) is 11.9. The Morgan fingerprint density at radius 2 is 0.659 bits per heavy atom. The second-order valence-electron chi connectivity index (χ2n) is 12.2. The van der Waals surface area contributed by atoms with Gasteiger partial charge in [0.05, 0.1) is 6.67 Å². The Hall–Kier alpha value is 0.480. The highest BCUT2D eigenvalue weighted by molar-refractivity contribution is 8.23. The summed E-state index contributed by atoms with van der Waals surface area (Å²) in [6.45, 7) is 12.4. The van der Waals surface area contributed by atoms with E-state index in [0.29, 0.717) is 0 Å². The lowest BCUT2D eigenvalue weighted by Gasteiger charge is -2.34. The van der Waals surface area contributed by atoms with E-state index in [2.05, 4.69) is 37.5 Å². The molecular formula is C35H74N2S4. The van der Waals surface area contributed by atoms with Gasteiger partial charge in [0.15, 0.2) is 0 Å². The topological polar surface area (TPSA) is 6.48 Å². The first kappa shape index (κ1) is 41.5. The van der Waals surface area contributed by atoms with Crippen LogP contribution in [0.25, 0.3) is 0 Å². The molecule has 0 bridgehead atoms. The van der Waals surface area contributed by atoms with E-state index in [4.69, 9.17) is 24.4 Å². The zero-order valence-corrected chi connectivity index (χ0v) is 31.9. The van der Waals surface area contributed by atoms with Crippen molar-refractivity contribution < 1.29 is 0 Å². The van der Waals surface area contributed by atoms with E-state index in [-0.39, 0.29) is 0 Å². The van der Waals surface area contributed by atoms with Gasteiger partial charge in [-0.15, -0.1) is 0 Å². The largest absolute Gasteiger partial charge is 0.341 e. The maximum atomic E-state index is 6.13. The molecule has 0 spiro atoms. The fourth-order valence-electron chi connectivity index (χ4n) is 5.27. The molecule has 0 N–H and O–H groups in total. The number of hydrogen-bond donors (Lipinski definition) is 0. The van der Waals surface area contributed by atoms with Crippen molar-refractivity contribution in [1.29, 1.82) is 0 Å². The number of hydrogen-bond acceptors (Lipinski definition) is 2. The van der Waals surface area contributed by atoms with Crippen molar-refractivity contribution in [2.24, 2.45) is 0 Å². The quantitative estimate of drug-likeness (QED) is 0.0433. The summed E-state index contributed by atoms with van der Waals surface area (Å²) in [7, 11) is 0. The van der Waals surface area contributed by atoms with Gasteiger partial charge in [-0.3, -0.25) is 0 Å². The lowest BCUT2D eigenvalue weighted by atomic mass is 10.1. The van der Waals surface area contributed by atoms with Crippen molar-refractivity contribution in [3.63, 3.8) is 0 Å². The molecule has 0 unspecified atom stereocenters. The highest BCUT2D eigenvalue weighted by Crippen LogP contribution is 2.20. The van der Waals surface area contributed by atoms with Gasteiger partial charge in [-0.2, -0.15) is 0 Å². The van der Waals surface area contributed by atoms with Crippen molar-refractivity contribution in [3.8, 4) is 0 Å². The Morgan fingerprint density at radius 1 is 0.390 bits per heavy atom. The van der Waals surface area contributed by atoms with Crippen LogP contribution in [0.1, 0.15) is 182 Å². The molecule has 0 fully saturated rings. The molecule has 0 aromatic heterocycles. The lowest BCUT2D eigenvalue weighted by molar-refractivity contribution is 0.274. The van der Waals surface area contributed by atoms with E-state index in [9.17, 15) is 0 Å². The van der Waals surface area contributed by atoms with Gasteiger partial charge in [0.2, 0.25) is 0 Å². The van der Waals surface area contributed by atoms with Gasteiger partial charge in [0, 0.05) is 13.1 Å². The van der Waals surface area contributed by atoms with Gasteiger partial charge >= 0.3 is 0 Å². The van der Waals surface area contributed by atoms with Gasteiger partial charge in [-0.1, -0.05) is 181 Å². The predicted molar refractivity (Wildman–Crippen MR) is 207 cm³/mol. The average Bonchev–Trinajstić information content (AvgIpc) is 2.97. The van der Waals surface area contributed by atoms with Gasteiger partial charge in [0.25, 0.3) is 0 Å². The van der Waals surface area contributed by atoms with Crippen LogP contribution in [0.2, 0.25) is 0 Å². The molecule has 0 aliphatic heterocycles. The molecule has 0 radical (unpaired) electrons. The van der Waals surface area contributed by atoms with Crippen LogP contribution in [0.5, 0.6) is 0 Å². The SMILES string of the molecule is CCCCCCCC[SH2]C(=S)N(CCCCCCCC)CN(CCCCCCCC)C(=S)[SH2]CCCCCCCC. The zero-order valence-electron chi connectivity index (χ0n) is 28.2. The smallest absolute Gasteiger partial charge is 0.115 e. The van der Waals surface area contributed by atoms with Crippen LogP contribution in [0.15, 0.2) is 0 Å². The highest BCUT2D eigenvalue weighted by atomic mass is 32.2. The molecular weight excluding hydrogens is 577 g/mol. The molecule has 0 aliphatic rings. The van der Waals surface area contributed by atoms with Crippen LogP contribution in [0, 0.1) is 0 Å². The molecule has 2 nitrogen and oxygen atoms in total. The maximum Gasteiger partial charge on any atom is 0.115 e. The molecule has 0 heterocycles. The molecule has 0 aromatic rings. The van der Waals surface area contributed by atoms with Crippen molar-refractivity contribution in [3.05, 3.63) is 0 Å². The molecule has 0 saturated carbocycles. The summed E-state index contributed by atoms with van der Waals surface area (Å²) in [5.41, 5.74) is 0. The van der Waals surface area contributed by atoms with Crippen LogP contribution in [-0.2, 0) is 0 Å². The molecule has 0 aliphatic carbocycles. The third kappa shape index (κ3) is 27.7. The first-order chi connectivity index (χ1) is 20.1. The Bertz CT molecular complexity index is 524. The average molecular weight is 651 g/mol. The Kier molecular flexibility index (Phi) is 33.8. The lowest BCUT2D eigenvalue weighted by Crippen LogP contribution is -2.42. The minimum atomic E-state index is 0.796. The van der Waals surface area contributed by atoms with E-state index >= 15 is 0 Å². The molecule has 0 aromatic carbocycles. The first-order valence-electron chi connectivity index (χ1n) is 18.2. The van der Waals surface area contributed by atoms with Crippen LogP contribution < -0.4 is 0 Å². The summed E-state index contributed by atoms with van der Waals surface area (Å²) in [6.07, 6.45) is 32.6. The second kappa shape index (κ2) is 33.4. The van der Waals surface area contributed by atoms with E-state index < -0.39 is 0 Å². The Morgan fingerprint density at radius 3 is 0.976 bits per heavy atom. The fourth-order valence-corrected chi connectivity index (χ4v) is 8.27. The molecule has 248 valence electrons. The van der Waals surface area contributed by atoms with Crippen LogP contribution in [-0.4, -0.2) is 49.7 Å².